The van der Waals surface area contributed by atoms with Crippen LogP contribution < -0.4 is 0 Å². The van der Waals surface area contributed by atoms with Crippen LogP contribution in [0.5, 0.6) is 0 Å². The molecule has 0 aromatic carbocycles. The second kappa shape index (κ2) is 5.52. The number of nitrogens with zero attached hydrogens (tertiary/aromatic N) is 3. The van der Waals surface area contributed by atoms with Gasteiger partial charge in [-0.2, -0.15) is 5.10 Å². The van der Waals surface area contributed by atoms with E-state index < -0.39 is 0 Å². The second-order valence-corrected chi connectivity index (χ2v) is 7.45. The third-order valence-electron chi connectivity index (χ3n) is 3.90. The smallest absolute Gasteiger partial charge is 0.290 e. The quantitative estimate of drug-likeness (QED) is 0.872. The van der Waals surface area contributed by atoms with Crippen molar-refractivity contribution in [3.63, 3.8) is 0 Å². The Labute approximate surface area is 134 Å². The van der Waals surface area contributed by atoms with Crippen LogP contribution >= 0.6 is 11.3 Å². The van der Waals surface area contributed by atoms with Crippen LogP contribution in [0.15, 0.2) is 22.6 Å². The summed E-state index contributed by atoms with van der Waals surface area (Å²) in [6.45, 7) is 7.97. The van der Waals surface area contributed by atoms with Crippen LogP contribution in [-0.4, -0.2) is 41.5 Å². The van der Waals surface area contributed by atoms with Gasteiger partial charge in [-0.3, -0.25) is 4.79 Å². The van der Waals surface area contributed by atoms with E-state index in [2.05, 4.69) is 41.9 Å². The maximum Gasteiger partial charge on any atom is 0.290 e. The number of methoxy groups -OCH3 is 1. The van der Waals surface area contributed by atoms with Crippen molar-refractivity contribution in [3.05, 3.63) is 23.2 Å². The number of thiophene rings is 1. The average molecular weight is 319 g/mol. The van der Waals surface area contributed by atoms with E-state index in [9.17, 15) is 4.79 Å². The van der Waals surface area contributed by atoms with E-state index in [4.69, 9.17) is 4.74 Å². The highest BCUT2D eigenvalue weighted by molar-refractivity contribution is 7.17. The van der Waals surface area contributed by atoms with Crippen LogP contribution in [0.1, 0.15) is 31.3 Å². The van der Waals surface area contributed by atoms with Crippen molar-refractivity contribution < 1.29 is 9.53 Å². The Morgan fingerprint density at radius 3 is 2.86 bits per heavy atom. The first-order valence-corrected chi connectivity index (χ1v) is 8.25. The van der Waals surface area contributed by atoms with Crippen LogP contribution in [0.25, 0.3) is 10.2 Å². The summed E-state index contributed by atoms with van der Waals surface area (Å²) in [5, 5.41) is 8.25. The molecule has 1 amide bonds. The third kappa shape index (κ3) is 2.57. The Balaban J connectivity index is 2.11. The lowest BCUT2D eigenvalue weighted by atomic mass is 9.90. The van der Waals surface area contributed by atoms with Crippen molar-refractivity contribution >= 4 is 33.2 Å². The second-order valence-electron chi connectivity index (χ2n) is 6.50. The summed E-state index contributed by atoms with van der Waals surface area (Å²) in [7, 11) is 1.63. The molecule has 0 atom stereocenters. The van der Waals surface area contributed by atoms with Gasteiger partial charge in [0, 0.05) is 12.5 Å². The number of aromatic nitrogens is 1. The molecule has 0 radical (unpaired) electrons. The predicted octanol–water partition coefficient (Wildman–Crippen LogP) is 3.21. The van der Waals surface area contributed by atoms with Gasteiger partial charge in [0.15, 0.2) is 0 Å². The molecule has 1 aliphatic heterocycles. The van der Waals surface area contributed by atoms with Crippen molar-refractivity contribution in [2.75, 3.05) is 20.3 Å². The molecule has 2 aromatic rings. The Bertz CT molecular complexity index is 736. The molecule has 0 saturated carbocycles. The number of carbonyl (C=O) groups is 1. The molecule has 0 unspecified atom stereocenters. The summed E-state index contributed by atoms with van der Waals surface area (Å²) in [5.41, 5.74) is 2.72. The van der Waals surface area contributed by atoms with Crippen LogP contribution in [0.4, 0.5) is 0 Å². The van der Waals surface area contributed by atoms with Gasteiger partial charge in [-0.25, -0.2) is 5.01 Å². The average Bonchev–Trinajstić information content (AvgIpc) is 2.98. The highest BCUT2D eigenvalue weighted by Crippen LogP contribution is 2.30. The number of rotatable bonds is 3. The van der Waals surface area contributed by atoms with E-state index in [-0.39, 0.29) is 11.3 Å². The minimum absolute atomic E-state index is 0.0558. The molecule has 118 valence electrons. The molecule has 0 bridgehead atoms. The number of hydrogen-bond donors (Lipinski definition) is 0. The number of fused-ring (bicyclic) bond motifs is 3. The summed E-state index contributed by atoms with van der Waals surface area (Å²) >= 11 is 1.66. The fraction of sp³-hybridized carbons (Fsp3) is 0.500. The van der Waals surface area contributed by atoms with Gasteiger partial charge in [-0.05, 0) is 17.5 Å². The molecule has 0 fully saturated rings. The lowest BCUT2D eigenvalue weighted by Gasteiger charge is -2.23. The fourth-order valence-corrected chi connectivity index (χ4v) is 3.37. The number of ether oxygens (including phenoxy) is 1. The predicted molar refractivity (Wildman–Crippen MR) is 89.6 cm³/mol. The van der Waals surface area contributed by atoms with Gasteiger partial charge in [0.05, 0.1) is 35.6 Å². The van der Waals surface area contributed by atoms with Crippen molar-refractivity contribution in [2.24, 2.45) is 10.5 Å². The fourth-order valence-electron chi connectivity index (χ4n) is 2.55. The number of carbonyl (C=O) groups excluding carboxylic acids is 1. The SMILES string of the molecule is COCCN1N=C(C(C)(C)C)Cn2c(cc3sccc32)C1=O. The largest absolute Gasteiger partial charge is 0.383 e. The Morgan fingerprint density at radius 2 is 2.18 bits per heavy atom. The highest BCUT2D eigenvalue weighted by Gasteiger charge is 2.30. The summed E-state index contributed by atoms with van der Waals surface area (Å²) in [5.74, 6) is -0.0558. The van der Waals surface area contributed by atoms with E-state index in [1.54, 1.807) is 23.5 Å². The van der Waals surface area contributed by atoms with E-state index in [1.165, 1.54) is 0 Å². The minimum Gasteiger partial charge on any atom is -0.383 e. The number of hydrogen-bond acceptors (Lipinski definition) is 4. The lowest BCUT2D eigenvalue weighted by Crippen LogP contribution is -2.31. The summed E-state index contributed by atoms with van der Waals surface area (Å²) in [6, 6.07) is 4.05. The lowest BCUT2D eigenvalue weighted by molar-refractivity contribution is 0.0696. The normalized spacial score (nSPS) is 15.9. The molecule has 0 spiro atoms. The van der Waals surface area contributed by atoms with Gasteiger partial charge in [0.25, 0.3) is 5.91 Å². The standard InChI is InChI=1S/C16H21N3O2S/c1-16(2,3)14-10-18-11-5-8-22-13(11)9-12(18)15(20)19(17-14)6-7-21-4/h5,8-9H,6-7,10H2,1-4H3. The summed E-state index contributed by atoms with van der Waals surface area (Å²) < 4.78 is 8.35. The summed E-state index contributed by atoms with van der Waals surface area (Å²) in [6.07, 6.45) is 0. The first-order chi connectivity index (χ1) is 10.4. The van der Waals surface area contributed by atoms with E-state index in [1.807, 2.05) is 6.07 Å². The molecular weight excluding hydrogens is 298 g/mol. The zero-order chi connectivity index (χ0) is 15.9. The van der Waals surface area contributed by atoms with Gasteiger partial charge in [0.2, 0.25) is 0 Å². The molecule has 5 nitrogen and oxygen atoms in total. The van der Waals surface area contributed by atoms with Gasteiger partial charge in [0.1, 0.15) is 5.69 Å². The summed E-state index contributed by atoms with van der Waals surface area (Å²) in [4.78, 5) is 12.8. The molecule has 0 saturated heterocycles. The monoisotopic (exact) mass is 319 g/mol. The zero-order valence-electron chi connectivity index (χ0n) is 13.4. The van der Waals surface area contributed by atoms with Gasteiger partial charge >= 0.3 is 0 Å². The first kappa shape index (κ1) is 15.2. The van der Waals surface area contributed by atoms with Crippen molar-refractivity contribution in [1.82, 2.24) is 9.58 Å². The Kier molecular flexibility index (Phi) is 3.82. The Hall–Kier alpha value is -1.66. The number of amides is 1. The molecule has 0 N–H and O–H groups in total. The van der Waals surface area contributed by atoms with Crippen molar-refractivity contribution in [2.45, 2.75) is 27.3 Å². The molecule has 2 aromatic heterocycles. The van der Waals surface area contributed by atoms with Gasteiger partial charge in [-0.1, -0.05) is 20.8 Å². The van der Waals surface area contributed by atoms with Crippen LogP contribution in [0.3, 0.4) is 0 Å². The maximum absolute atomic E-state index is 12.8. The molecule has 0 aliphatic carbocycles. The molecule has 3 rings (SSSR count). The molecule has 6 heteroatoms. The first-order valence-electron chi connectivity index (χ1n) is 7.37. The molecule has 3 heterocycles. The number of hydrazone groups is 1. The highest BCUT2D eigenvalue weighted by atomic mass is 32.1. The van der Waals surface area contributed by atoms with E-state index in [0.717, 1.165) is 15.9 Å². The van der Waals surface area contributed by atoms with Crippen molar-refractivity contribution in [1.29, 1.82) is 0 Å². The topological polar surface area (TPSA) is 46.8 Å². The molecule has 22 heavy (non-hydrogen) atoms. The minimum atomic E-state index is -0.0974. The van der Waals surface area contributed by atoms with Crippen molar-refractivity contribution in [3.8, 4) is 0 Å². The van der Waals surface area contributed by atoms with Gasteiger partial charge in [-0.15, -0.1) is 11.3 Å². The maximum atomic E-state index is 12.8. The Morgan fingerprint density at radius 1 is 1.41 bits per heavy atom. The van der Waals surface area contributed by atoms with E-state index >= 15 is 0 Å². The third-order valence-corrected chi connectivity index (χ3v) is 4.75. The van der Waals surface area contributed by atoms with Gasteiger partial charge < -0.3 is 9.30 Å². The molecule has 1 aliphatic rings. The molecular formula is C16H21N3O2S. The van der Waals surface area contributed by atoms with E-state index in [0.29, 0.717) is 25.4 Å². The van der Waals surface area contributed by atoms with Crippen LogP contribution in [-0.2, 0) is 11.3 Å². The zero-order valence-corrected chi connectivity index (χ0v) is 14.2. The van der Waals surface area contributed by atoms with Crippen LogP contribution in [0.2, 0.25) is 0 Å². The van der Waals surface area contributed by atoms with Crippen LogP contribution in [0, 0.1) is 5.41 Å².